The van der Waals surface area contributed by atoms with Gasteiger partial charge in [-0.05, 0) is 34.7 Å². The molecule has 1 atom stereocenters. The molecule has 4 heteroatoms. The summed E-state index contributed by atoms with van der Waals surface area (Å²) in [6, 6.07) is 9.41. The van der Waals surface area contributed by atoms with Gasteiger partial charge in [-0.15, -0.1) is 11.3 Å². The summed E-state index contributed by atoms with van der Waals surface area (Å²) in [6.45, 7) is 0. The van der Waals surface area contributed by atoms with Crippen molar-refractivity contribution in [3.8, 4) is 11.1 Å². The van der Waals surface area contributed by atoms with E-state index < -0.39 is 10.8 Å². The minimum Gasteiger partial charge on any atom is -0.297 e. The number of aldehydes is 1. The van der Waals surface area contributed by atoms with Gasteiger partial charge in [-0.1, -0.05) is 12.1 Å². The number of carbonyl (C=O) groups is 1. The van der Waals surface area contributed by atoms with Crippen molar-refractivity contribution in [1.82, 2.24) is 0 Å². The second-order valence-corrected chi connectivity index (χ2v) is 5.66. The van der Waals surface area contributed by atoms with Crippen LogP contribution < -0.4 is 0 Å². The maximum atomic E-state index is 11.2. The Balaban J connectivity index is 2.34. The van der Waals surface area contributed by atoms with Gasteiger partial charge >= 0.3 is 0 Å². The van der Waals surface area contributed by atoms with Gasteiger partial charge in [-0.3, -0.25) is 9.00 Å². The molecule has 0 saturated carbocycles. The van der Waals surface area contributed by atoms with Crippen LogP contribution in [0.3, 0.4) is 0 Å². The summed E-state index contributed by atoms with van der Waals surface area (Å²) in [4.78, 5) is 12.1. The standard InChI is InChI=1S/C12H10O2S2/c1-16(14)12-4-2-9(3-5-12)10-6-11(7-13)15-8-10/h2-8H,1H3/t16-/m1/s1. The van der Waals surface area contributed by atoms with E-state index in [0.29, 0.717) is 0 Å². The van der Waals surface area contributed by atoms with Crippen molar-refractivity contribution in [2.24, 2.45) is 0 Å². The van der Waals surface area contributed by atoms with E-state index in [1.54, 1.807) is 6.26 Å². The van der Waals surface area contributed by atoms with Crippen LogP contribution in [0.5, 0.6) is 0 Å². The third kappa shape index (κ3) is 2.28. The Labute approximate surface area is 100 Å². The minimum atomic E-state index is -0.944. The van der Waals surface area contributed by atoms with Crippen molar-refractivity contribution in [2.45, 2.75) is 4.90 Å². The molecular weight excluding hydrogens is 240 g/mol. The highest BCUT2D eigenvalue weighted by Crippen LogP contribution is 2.25. The molecule has 0 spiro atoms. The molecule has 2 nitrogen and oxygen atoms in total. The maximum Gasteiger partial charge on any atom is 0.160 e. The number of thiophene rings is 1. The summed E-state index contributed by atoms with van der Waals surface area (Å²) in [5.74, 6) is 0. The first-order valence-corrected chi connectivity index (χ1v) is 7.12. The highest BCUT2D eigenvalue weighted by Gasteiger charge is 2.03. The van der Waals surface area contributed by atoms with Crippen molar-refractivity contribution < 1.29 is 9.00 Å². The monoisotopic (exact) mass is 250 g/mol. The van der Waals surface area contributed by atoms with Gasteiger partial charge in [0.2, 0.25) is 0 Å². The molecule has 0 radical (unpaired) electrons. The molecule has 1 aromatic heterocycles. The van der Waals surface area contributed by atoms with E-state index in [0.717, 1.165) is 27.2 Å². The molecule has 0 saturated heterocycles. The molecule has 0 amide bonds. The Morgan fingerprint density at radius 3 is 2.38 bits per heavy atom. The molecule has 0 unspecified atom stereocenters. The Morgan fingerprint density at radius 2 is 1.88 bits per heavy atom. The summed E-state index contributed by atoms with van der Waals surface area (Å²) in [5, 5.41) is 1.95. The van der Waals surface area contributed by atoms with Crippen LogP contribution in [-0.4, -0.2) is 16.8 Å². The number of rotatable bonds is 3. The van der Waals surface area contributed by atoms with Gasteiger partial charge in [0.15, 0.2) is 6.29 Å². The van der Waals surface area contributed by atoms with E-state index in [4.69, 9.17) is 0 Å². The number of hydrogen-bond acceptors (Lipinski definition) is 3. The molecule has 0 aliphatic rings. The predicted molar refractivity (Wildman–Crippen MR) is 67.5 cm³/mol. The average molecular weight is 250 g/mol. The molecule has 0 N–H and O–H groups in total. The predicted octanol–water partition coefficient (Wildman–Crippen LogP) is 2.97. The van der Waals surface area contributed by atoms with Crippen molar-refractivity contribution in [3.63, 3.8) is 0 Å². The van der Waals surface area contributed by atoms with Crippen LogP contribution in [-0.2, 0) is 10.8 Å². The number of carbonyl (C=O) groups excluding carboxylic acids is 1. The number of hydrogen-bond donors (Lipinski definition) is 0. The van der Waals surface area contributed by atoms with Crippen molar-refractivity contribution in [2.75, 3.05) is 6.26 Å². The van der Waals surface area contributed by atoms with Crippen LogP contribution in [0.1, 0.15) is 9.67 Å². The van der Waals surface area contributed by atoms with Crippen LogP contribution in [0.25, 0.3) is 11.1 Å². The lowest BCUT2D eigenvalue weighted by molar-refractivity contribution is 0.112. The summed E-state index contributed by atoms with van der Waals surface area (Å²) in [7, 11) is -0.944. The van der Waals surface area contributed by atoms with E-state index in [1.807, 2.05) is 35.7 Å². The van der Waals surface area contributed by atoms with Gasteiger partial charge in [0, 0.05) is 22.0 Å². The smallest absolute Gasteiger partial charge is 0.160 e. The Morgan fingerprint density at radius 1 is 1.19 bits per heavy atom. The number of benzene rings is 1. The minimum absolute atomic E-state index is 0.721. The van der Waals surface area contributed by atoms with E-state index in [1.165, 1.54) is 11.3 Å². The Kier molecular flexibility index (Phi) is 3.31. The zero-order valence-corrected chi connectivity index (χ0v) is 10.3. The topological polar surface area (TPSA) is 34.1 Å². The largest absolute Gasteiger partial charge is 0.297 e. The summed E-state index contributed by atoms with van der Waals surface area (Å²) in [6.07, 6.45) is 2.51. The third-order valence-corrected chi connectivity index (χ3v) is 4.05. The average Bonchev–Trinajstić information content (AvgIpc) is 2.77. The normalized spacial score (nSPS) is 12.3. The molecule has 0 bridgehead atoms. The van der Waals surface area contributed by atoms with Crippen LogP contribution in [0, 0.1) is 0 Å². The van der Waals surface area contributed by atoms with E-state index >= 15 is 0 Å². The highest BCUT2D eigenvalue weighted by atomic mass is 32.2. The lowest BCUT2D eigenvalue weighted by atomic mass is 10.1. The Bertz CT molecular complexity index is 526. The van der Waals surface area contributed by atoms with E-state index in [-0.39, 0.29) is 0 Å². The molecule has 1 aromatic carbocycles. The lowest BCUT2D eigenvalue weighted by Gasteiger charge is -1.99. The van der Waals surface area contributed by atoms with Gasteiger partial charge in [-0.25, -0.2) is 0 Å². The van der Waals surface area contributed by atoms with Crippen LogP contribution in [0.4, 0.5) is 0 Å². The van der Waals surface area contributed by atoms with Gasteiger partial charge in [-0.2, -0.15) is 0 Å². The summed E-state index contributed by atoms with van der Waals surface area (Å²) >= 11 is 1.43. The summed E-state index contributed by atoms with van der Waals surface area (Å²) < 4.78 is 11.2. The zero-order chi connectivity index (χ0) is 11.5. The first-order valence-electron chi connectivity index (χ1n) is 4.68. The molecular formula is C12H10O2S2. The highest BCUT2D eigenvalue weighted by molar-refractivity contribution is 7.84. The maximum absolute atomic E-state index is 11.2. The van der Waals surface area contributed by atoms with Crippen molar-refractivity contribution in [3.05, 3.63) is 40.6 Å². The molecule has 82 valence electrons. The fourth-order valence-corrected chi connectivity index (χ4v) is 2.64. The second kappa shape index (κ2) is 4.72. The zero-order valence-electron chi connectivity index (χ0n) is 8.67. The van der Waals surface area contributed by atoms with Crippen LogP contribution in [0.2, 0.25) is 0 Å². The fourth-order valence-electron chi connectivity index (χ4n) is 1.41. The van der Waals surface area contributed by atoms with Crippen molar-refractivity contribution in [1.29, 1.82) is 0 Å². The molecule has 0 aliphatic carbocycles. The molecule has 2 rings (SSSR count). The molecule has 2 aromatic rings. The van der Waals surface area contributed by atoms with Crippen LogP contribution >= 0.6 is 11.3 Å². The van der Waals surface area contributed by atoms with Crippen molar-refractivity contribution >= 4 is 28.4 Å². The molecule has 0 aliphatic heterocycles. The first kappa shape index (κ1) is 11.2. The van der Waals surface area contributed by atoms with Crippen LogP contribution in [0.15, 0.2) is 40.6 Å². The SMILES string of the molecule is C[S@@](=O)c1ccc(-c2csc(C=O)c2)cc1. The van der Waals surface area contributed by atoms with E-state index in [2.05, 4.69) is 0 Å². The molecule has 1 heterocycles. The quantitative estimate of drug-likeness (QED) is 0.785. The third-order valence-electron chi connectivity index (χ3n) is 2.26. The first-order chi connectivity index (χ1) is 7.70. The lowest BCUT2D eigenvalue weighted by Crippen LogP contribution is -1.86. The summed E-state index contributed by atoms with van der Waals surface area (Å²) in [5.41, 5.74) is 2.07. The van der Waals surface area contributed by atoms with Gasteiger partial charge < -0.3 is 0 Å². The molecule has 0 fully saturated rings. The Hall–Kier alpha value is -1.26. The second-order valence-electron chi connectivity index (χ2n) is 3.33. The van der Waals surface area contributed by atoms with Gasteiger partial charge in [0.25, 0.3) is 0 Å². The van der Waals surface area contributed by atoms with Gasteiger partial charge in [0.1, 0.15) is 0 Å². The fraction of sp³-hybridized carbons (Fsp3) is 0.0833. The van der Waals surface area contributed by atoms with Gasteiger partial charge in [0.05, 0.1) is 4.88 Å². The van der Waals surface area contributed by atoms with E-state index in [9.17, 15) is 9.00 Å². The molecule has 16 heavy (non-hydrogen) atoms.